The van der Waals surface area contributed by atoms with Gasteiger partial charge in [0.1, 0.15) is 11.3 Å². The van der Waals surface area contributed by atoms with E-state index in [2.05, 4.69) is 15.4 Å². The van der Waals surface area contributed by atoms with Crippen LogP contribution < -0.4 is 5.32 Å². The highest BCUT2D eigenvalue weighted by Crippen LogP contribution is 2.39. The Hall–Kier alpha value is -3.09. The van der Waals surface area contributed by atoms with Crippen LogP contribution in [0.3, 0.4) is 0 Å². The Morgan fingerprint density at radius 3 is 2.52 bits per heavy atom. The molecule has 13 heteroatoms. The van der Waals surface area contributed by atoms with Crippen molar-refractivity contribution in [2.24, 2.45) is 0 Å². The first-order valence-corrected chi connectivity index (χ1v) is 14.4. The molecule has 3 heterocycles. The zero-order valence-corrected chi connectivity index (χ0v) is 24.1. The van der Waals surface area contributed by atoms with Gasteiger partial charge in [-0.1, -0.05) is 12.8 Å². The first kappa shape index (κ1) is 31.8. The van der Waals surface area contributed by atoms with E-state index in [4.69, 9.17) is 4.74 Å². The Morgan fingerprint density at radius 1 is 1.17 bits per heavy atom. The van der Waals surface area contributed by atoms with Gasteiger partial charge in [-0.15, -0.1) is 0 Å². The Balaban J connectivity index is 1.59. The van der Waals surface area contributed by atoms with Crippen molar-refractivity contribution in [3.63, 3.8) is 0 Å². The maximum absolute atomic E-state index is 13.9. The zero-order valence-electron chi connectivity index (χ0n) is 24.1. The molecule has 0 radical (unpaired) electrons. The second kappa shape index (κ2) is 12.6. The van der Waals surface area contributed by atoms with Crippen molar-refractivity contribution in [3.05, 3.63) is 35.7 Å². The molecule has 8 nitrogen and oxygen atoms in total. The van der Waals surface area contributed by atoms with Crippen LogP contribution in [0.1, 0.15) is 94.2 Å². The fourth-order valence-electron chi connectivity index (χ4n) is 5.59. The molecule has 42 heavy (non-hydrogen) atoms. The third-order valence-corrected chi connectivity index (χ3v) is 7.43. The van der Waals surface area contributed by atoms with E-state index in [0.29, 0.717) is 25.8 Å². The van der Waals surface area contributed by atoms with Crippen molar-refractivity contribution >= 4 is 11.9 Å². The number of nitrogens with one attached hydrogen (secondary N) is 1. The number of ether oxygens (including phenoxy) is 1. The number of carbonyl (C=O) groups is 2. The number of halogens is 5. The van der Waals surface area contributed by atoms with Crippen LogP contribution in [0.25, 0.3) is 11.4 Å². The standard InChI is InChI=1S/C29H38F5N5O3/c1-27(2,3)42-24(40)16-19(11-15-38-14-7-12-28(30,31)18-38)36-26(41)22-17-23(39(37-22)20-8-4-5-9-20)25-21(29(32,33)34)10-6-13-35-25/h6,10,13,17,19-20H,4-5,7-9,11-12,14-16,18H2,1-3H3,(H,36,41). The molecule has 2 aromatic rings. The van der Waals surface area contributed by atoms with Crippen molar-refractivity contribution in [1.29, 1.82) is 0 Å². The Bertz CT molecular complexity index is 1250. The minimum absolute atomic E-state index is 0.0826. The molecular formula is C29H38F5N5O3. The van der Waals surface area contributed by atoms with Gasteiger partial charge in [-0.25, -0.2) is 8.78 Å². The van der Waals surface area contributed by atoms with Crippen molar-refractivity contribution < 1.29 is 36.3 Å². The lowest BCUT2D eigenvalue weighted by molar-refractivity contribution is -0.155. The fraction of sp³-hybridized carbons (Fsp3) is 0.655. The van der Waals surface area contributed by atoms with Crippen LogP contribution in [0, 0.1) is 0 Å². The molecule has 232 valence electrons. The molecular weight excluding hydrogens is 561 g/mol. The molecule has 1 aliphatic carbocycles. The molecule has 0 spiro atoms. The molecule has 0 aromatic carbocycles. The van der Waals surface area contributed by atoms with Crippen LogP contribution in [0.4, 0.5) is 22.0 Å². The Kier molecular flexibility index (Phi) is 9.58. The number of piperidine rings is 1. The molecule has 1 saturated heterocycles. The smallest absolute Gasteiger partial charge is 0.418 e. The summed E-state index contributed by atoms with van der Waals surface area (Å²) in [4.78, 5) is 31.7. The van der Waals surface area contributed by atoms with Gasteiger partial charge in [0.2, 0.25) is 0 Å². The zero-order chi connectivity index (χ0) is 30.7. The monoisotopic (exact) mass is 599 g/mol. The average molecular weight is 600 g/mol. The summed E-state index contributed by atoms with van der Waals surface area (Å²) in [6.45, 7) is 5.41. The van der Waals surface area contributed by atoms with E-state index in [9.17, 15) is 31.5 Å². The molecule has 4 rings (SSSR count). The Labute approximate surface area is 242 Å². The molecule has 1 unspecified atom stereocenters. The Morgan fingerprint density at radius 2 is 1.88 bits per heavy atom. The number of esters is 1. The maximum Gasteiger partial charge on any atom is 0.418 e. The van der Waals surface area contributed by atoms with Gasteiger partial charge in [-0.3, -0.25) is 24.2 Å². The number of hydrogen-bond donors (Lipinski definition) is 1. The highest BCUT2D eigenvalue weighted by molar-refractivity contribution is 5.94. The van der Waals surface area contributed by atoms with Crippen LogP contribution in [-0.2, 0) is 15.7 Å². The number of amides is 1. The highest BCUT2D eigenvalue weighted by atomic mass is 19.4. The van der Waals surface area contributed by atoms with Crippen molar-refractivity contribution in [2.75, 3.05) is 19.6 Å². The van der Waals surface area contributed by atoms with Crippen LogP contribution in [-0.4, -0.2) is 68.7 Å². The summed E-state index contributed by atoms with van der Waals surface area (Å²) >= 11 is 0. The van der Waals surface area contributed by atoms with E-state index in [-0.39, 0.29) is 48.9 Å². The summed E-state index contributed by atoms with van der Waals surface area (Å²) in [7, 11) is 0. The number of nitrogens with zero attached hydrogens (tertiary/aromatic N) is 4. The lowest BCUT2D eigenvalue weighted by atomic mass is 10.0. The van der Waals surface area contributed by atoms with Crippen molar-refractivity contribution in [3.8, 4) is 11.4 Å². The van der Waals surface area contributed by atoms with Crippen molar-refractivity contribution in [1.82, 2.24) is 25.0 Å². The van der Waals surface area contributed by atoms with E-state index < -0.39 is 47.7 Å². The first-order chi connectivity index (χ1) is 19.6. The quantitative estimate of drug-likeness (QED) is 0.280. The lowest BCUT2D eigenvalue weighted by Crippen LogP contribution is -2.45. The number of pyridine rings is 1. The van der Waals surface area contributed by atoms with Crippen LogP contribution >= 0.6 is 0 Å². The summed E-state index contributed by atoms with van der Waals surface area (Å²) < 4.78 is 76.3. The second-order valence-electron chi connectivity index (χ2n) is 12.2. The van der Waals surface area contributed by atoms with E-state index in [1.807, 2.05) is 0 Å². The molecule has 2 fully saturated rings. The van der Waals surface area contributed by atoms with Gasteiger partial charge >= 0.3 is 12.1 Å². The maximum atomic E-state index is 13.9. The van der Waals surface area contributed by atoms with Gasteiger partial charge in [0.25, 0.3) is 11.8 Å². The number of alkyl halides is 5. The number of carbonyl (C=O) groups excluding carboxylic acids is 2. The number of aromatic nitrogens is 3. The summed E-state index contributed by atoms with van der Waals surface area (Å²) in [6, 6.07) is 2.47. The fourth-order valence-corrected chi connectivity index (χ4v) is 5.59. The van der Waals surface area contributed by atoms with Gasteiger partial charge in [-0.05, 0) is 71.2 Å². The molecule has 1 N–H and O–H groups in total. The lowest BCUT2D eigenvalue weighted by Gasteiger charge is -2.33. The summed E-state index contributed by atoms with van der Waals surface area (Å²) in [5.74, 6) is -4.06. The predicted octanol–water partition coefficient (Wildman–Crippen LogP) is 6.03. The van der Waals surface area contributed by atoms with E-state index in [1.54, 1.807) is 25.7 Å². The average Bonchev–Trinajstić information content (AvgIpc) is 3.55. The second-order valence-corrected chi connectivity index (χ2v) is 12.2. The largest absolute Gasteiger partial charge is 0.460 e. The van der Waals surface area contributed by atoms with E-state index >= 15 is 0 Å². The van der Waals surface area contributed by atoms with Crippen LogP contribution in [0.15, 0.2) is 24.4 Å². The molecule has 2 aromatic heterocycles. The minimum atomic E-state index is -4.67. The van der Waals surface area contributed by atoms with Crippen LogP contribution in [0.2, 0.25) is 0 Å². The third-order valence-electron chi connectivity index (χ3n) is 7.43. The number of likely N-dealkylation sites (tertiary alicyclic amines) is 1. The molecule has 0 bridgehead atoms. The third kappa shape index (κ3) is 8.48. The predicted molar refractivity (Wildman–Crippen MR) is 145 cm³/mol. The number of rotatable bonds is 9. The SMILES string of the molecule is CC(C)(C)OC(=O)CC(CCN1CCCC(F)(F)C1)NC(=O)c1cc(-c2ncccc2C(F)(F)F)n(C2CCCC2)n1. The van der Waals surface area contributed by atoms with Crippen molar-refractivity contribution in [2.45, 2.75) is 102 Å². The topological polar surface area (TPSA) is 89.4 Å². The number of hydrogen-bond acceptors (Lipinski definition) is 6. The molecule has 1 atom stereocenters. The van der Waals surface area contributed by atoms with Gasteiger partial charge in [-0.2, -0.15) is 18.3 Å². The van der Waals surface area contributed by atoms with Crippen LogP contribution in [0.5, 0.6) is 0 Å². The molecule has 1 amide bonds. The summed E-state index contributed by atoms with van der Waals surface area (Å²) in [5, 5.41) is 7.19. The summed E-state index contributed by atoms with van der Waals surface area (Å²) in [6.07, 6.45) is -0.0989. The molecule has 1 aliphatic heterocycles. The van der Waals surface area contributed by atoms with Gasteiger partial charge in [0, 0.05) is 25.2 Å². The minimum Gasteiger partial charge on any atom is -0.460 e. The van der Waals surface area contributed by atoms with Gasteiger partial charge < -0.3 is 10.1 Å². The molecule has 2 aliphatic rings. The first-order valence-electron chi connectivity index (χ1n) is 14.4. The summed E-state index contributed by atoms with van der Waals surface area (Å²) in [5.41, 5.74) is -2.06. The van der Waals surface area contributed by atoms with E-state index in [1.165, 1.54) is 23.0 Å². The normalized spacial score (nSPS) is 19.0. The van der Waals surface area contributed by atoms with Gasteiger partial charge in [0.15, 0.2) is 5.69 Å². The van der Waals surface area contributed by atoms with Gasteiger partial charge in [0.05, 0.1) is 30.3 Å². The highest BCUT2D eigenvalue weighted by Gasteiger charge is 2.37. The molecule has 1 saturated carbocycles. The van der Waals surface area contributed by atoms with E-state index in [0.717, 1.165) is 18.9 Å².